The normalized spacial score (nSPS) is 10.1. The molecule has 1 aromatic carbocycles. The second-order valence-corrected chi connectivity index (χ2v) is 3.75. The third kappa shape index (κ3) is 1.63. The molecule has 0 aliphatic rings. The molecule has 1 heterocycles. The summed E-state index contributed by atoms with van der Waals surface area (Å²) in [6.45, 7) is 3.82. The lowest BCUT2D eigenvalue weighted by molar-refractivity contribution is 0.883. The second kappa shape index (κ2) is 3.70. The summed E-state index contributed by atoms with van der Waals surface area (Å²) in [4.78, 5) is 0. The van der Waals surface area contributed by atoms with Crippen molar-refractivity contribution < 1.29 is 0 Å². The van der Waals surface area contributed by atoms with Crippen molar-refractivity contribution in [3.63, 3.8) is 0 Å². The van der Waals surface area contributed by atoms with Crippen LogP contribution in [0.15, 0.2) is 24.4 Å². The minimum Gasteiger partial charge on any atom is -0.382 e. The number of nitrogens with two attached hydrogens (primary N) is 1. The first-order chi connectivity index (χ1) is 7.61. The molecule has 0 spiro atoms. The van der Waals surface area contributed by atoms with Crippen LogP contribution in [0.1, 0.15) is 16.7 Å². The summed E-state index contributed by atoms with van der Waals surface area (Å²) in [5, 5.41) is 13.0. The van der Waals surface area contributed by atoms with Crippen molar-refractivity contribution in [2.24, 2.45) is 0 Å². The van der Waals surface area contributed by atoms with Gasteiger partial charge in [-0.25, -0.2) is 4.68 Å². The predicted molar refractivity (Wildman–Crippen MR) is 62.2 cm³/mol. The van der Waals surface area contributed by atoms with Crippen LogP contribution < -0.4 is 5.73 Å². The zero-order valence-electron chi connectivity index (χ0n) is 9.23. The van der Waals surface area contributed by atoms with Crippen LogP contribution in [0.4, 0.5) is 5.82 Å². The molecule has 0 fully saturated rings. The van der Waals surface area contributed by atoms with E-state index in [1.54, 1.807) is 10.7 Å². The number of nitriles is 1. The molecule has 1 aromatic heterocycles. The molecule has 0 saturated carbocycles. The molecule has 4 heteroatoms. The van der Waals surface area contributed by atoms with Crippen molar-refractivity contribution in [2.45, 2.75) is 13.8 Å². The Kier molecular flexibility index (Phi) is 2.37. The van der Waals surface area contributed by atoms with E-state index in [-0.39, 0.29) is 0 Å². The SMILES string of the molecule is Cc1cc(-n2cc(C)c(N)n2)ccc1C#N. The van der Waals surface area contributed by atoms with Gasteiger partial charge < -0.3 is 5.73 Å². The first kappa shape index (κ1) is 10.2. The lowest BCUT2D eigenvalue weighted by Gasteiger charge is -2.03. The Balaban J connectivity index is 2.50. The minimum absolute atomic E-state index is 0.530. The zero-order chi connectivity index (χ0) is 11.7. The third-order valence-corrected chi connectivity index (χ3v) is 2.53. The molecular formula is C12H12N4. The van der Waals surface area contributed by atoms with Crippen LogP contribution in [-0.4, -0.2) is 9.78 Å². The number of hydrogen-bond donors (Lipinski definition) is 1. The van der Waals surface area contributed by atoms with E-state index < -0.39 is 0 Å². The highest BCUT2D eigenvalue weighted by Crippen LogP contribution is 2.16. The highest BCUT2D eigenvalue weighted by atomic mass is 15.3. The molecule has 0 amide bonds. The fourth-order valence-corrected chi connectivity index (χ4v) is 1.52. The fourth-order valence-electron chi connectivity index (χ4n) is 1.52. The summed E-state index contributed by atoms with van der Waals surface area (Å²) in [5.74, 6) is 0.530. The van der Waals surface area contributed by atoms with Crippen molar-refractivity contribution in [3.05, 3.63) is 41.1 Å². The van der Waals surface area contributed by atoms with Crippen LogP contribution in [0.5, 0.6) is 0 Å². The molecule has 0 bridgehead atoms. The topological polar surface area (TPSA) is 67.6 Å². The monoisotopic (exact) mass is 212 g/mol. The maximum Gasteiger partial charge on any atom is 0.148 e. The molecule has 2 aromatic rings. The zero-order valence-corrected chi connectivity index (χ0v) is 9.23. The van der Waals surface area contributed by atoms with E-state index in [2.05, 4.69) is 11.2 Å². The summed E-state index contributed by atoms with van der Waals surface area (Å²) in [7, 11) is 0. The van der Waals surface area contributed by atoms with Gasteiger partial charge in [0.1, 0.15) is 5.82 Å². The Hall–Kier alpha value is -2.28. The summed E-state index contributed by atoms with van der Waals surface area (Å²) in [5.41, 5.74) is 9.17. The summed E-state index contributed by atoms with van der Waals surface area (Å²) < 4.78 is 1.72. The summed E-state index contributed by atoms with van der Waals surface area (Å²) >= 11 is 0. The lowest BCUT2D eigenvalue weighted by Crippen LogP contribution is -1.97. The van der Waals surface area contributed by atoms with Crippen molar-refractivity contribution in [2.75, 3.05) is 5.73 Å². The van der Waals surface area contributed by atoms with Gasteiger partial charge in [0.15, 0.2) is 0 Å². The predicted octanol–water partition coefficient (Wildman–Crippen LogP) is 1.94. The highest BCUT2D eigenvalue weighted by molar-refractivity contribution is 5.47. The van der Waals surface area contributed by atoms with Gasteiger partial charge in [0.25, 0.3) is 0 Å². The molecule has 80 valence electrons. The van der Waals surface area contributed by atoms with Gasteiger partial charge in [0.2, 0.25) is 0 Å². The number of anilines is 1. The smallest absolute Gasteiger partial charge is 0.148 e. The average Bonchev–Trinajstić information content (AvgIpc) is 2.59. The second-order valence-electron chi connectivity index (χ2n) is 3.75. The maximum atomic E-state index is 8.84. The Morgan fingerprint density at radius 3 is 2.56 bits per heavy atom. The number of aromatic nitrogens is 2. The van der Waals surface area contributed by atoms with Gasteiger partial charge in [-0.3, -0.25) is 0 Å². The number of rotatable bonds is 1. The number of hydrogen-bond acceptors (Lipinski definition) is 3. The van der Waals surface area contributed by atoms with Gasteiger partial charge in [-0.1, -0.05) is 0 Å². The molecule has 16 heavy (non-hydrogen) atoms. The first-order valence-electron chi connectivity index (χ1n) is 4.94. The van der Waals surface area contributed by atoms with Crippen LogP contribution in [0.2, 0.25) is 0 Å². The van der Waals surface area contributed by atoms with Crippen molar-refractivity contribution in [3.8, 4) is 11.8 Å². The molecule has 0 unspecified atom stereocenters. The van der Waals surface area contributed by atoms with Crippen molar-refractivity contribution >= 4 is 5.82 Å². The molecule has 0 aliphatic heterocycles. The number of nitrogens with zero attached hydrogens (tertiary/aromatic N) is 3. The molecule has 2 N–H and O–H groups in total. The number of benzene rings is 1. The van der Waals surface area contributed by atoms with Gasteiger partial charge in [-0.15, -0.1) is 0 Å². The number of aryl methyl sites for hydroxylation is 2. The third-order valence-electron chi connectivity index (χ3n) is 2.53. The molecule has 0 radical (unpaired) electrons. The Labute approximate surface area is 93.9 Å². The quantitative estimate of drug-likeness (QED) is 0.785. The van der Waals surface area contributed by atoms with E-state index in [1.807, 2.05) is 32.2 Å². The highest BCUT2D eigenvalue weighted by Gasteiger charge is 2.04. The number of nitrogen functional groups attached to an aromatic ring is 1. The van der Waals surface area contributed by atoms with Gasteiger partial charge in [-0.2, -0.15) is 10.4 Å². The van der Waals surface area contributed by atoms with Gasteiger partial charge in [-0.05, 0) is 37.6 Å². The Morgan fingerprint density at radius 2 is 2.06 bits per heavy atom. The fraction of sp³-hybridized carbons (Fsp3) is 0.167. The van der Waals surface area contributed by atoms with Crippen molar-refractivity contribution in [1.29, 1.82) is 5.26 Å². The van der Waals surface area contributed by atoms with E-state index in [0.717, 1.165) is 16.8 Å². The van der Waals surface area contributed by atoms with E-state index in [1.165, 1.54) is 0 Å². The summed E-state index contributed by atoms with van der Waals surface area (Å²) in [6, 6.07) is 7.71. The average molecular weight is 212 g/mol. The summed E-state index contributed by atoms with van der Waals surface area (Å²) in [6.07, 6.45) is 1.87. The van der Waals surface area contributed by atoms with E-state index in [9.17, 15) is 0 Å². The van der Waals surface area contributed by atoms with Crippen LogP contribution >= 0.6 is 0 Å². The van der Waals surface area contributed by atoms with Crippen LogP contribution in [0.3, 0.4) is 0 Å². The van der Waals surface area contributed by atoms with Crippen LogP contribution in [0, 0.1) is 25.2 Å². The maximum absolute atomic E-state index is 8.84. The van der Waals surface area contributed by atoms with E-state index >= 15 is 0 Å². The van der Waals surface area contributed by atoms with Gasteiger partial charge >= 0.3 is 0 Å². The standard InChI is InChI=1S/C12H12N4/c1-8-5-11(4-3-10(8)6-13)16-7-9(2)12(14)15-16/h3-5,7H,1-2H3,(H2,14,15). The molecular weight excluding hydrogens is 200 g/mol. The molecule has 0 saturated heterocycles. The van der Waals surface area contributed by atoms with Crippen LogP contribution in [-0.2, 0) is 0 Å². The molecule has 0 atom stereocenters. The lowest BCUT2D eigenvalue weighted by atomic mass is 10.1. The van der Waals surface area contributed by atoms with Crippen molar-refractivity contribution in [1.82, 2.24) is 9.78 Å². The molecule has 2 rings (SSSR count). The van der Waals surface area contributed by atoms with E-state index in [4.69, 9.17) is 11.0 Å². The Bertz CT molecular complexity index is 556. The van der Waals surface area contributed by atoms with Gasteiger partial charge in [0.05, 0.1) is 17.3 Å². The Morgan fingerprint density at radius 1 is 1.31 bits per heavy atom. The minimum atomic E-state index is 0.530. The molecule has 4 nitrogen and oxygen atoms in total. The van der Waals surface area contributed by atoms with E-state index in [0.29, 0.717) is 11.4 Å². The first-order valence-corrected chi connectivity index (χ1v) is 4.94. The molecule has 0 aliphatic carbocycles. The largest absolute Gasteiger partial charge is 0.382 e. The van der Waals surface area contributed by atoms with Gasteiger partial charge in [0, 0.05) is 11.8 Å². The van der Waals surface area contributed by atoms with Crippen LogP contribution in [0.25, 0.3) is 5.69 Å².